The number of piperidine rings is 1. The molecule has 1 aliphatic heterocycles. The number of nitrogens with zero attached hydrogens (tertiary/aromatic N) is 1. The molecule has 0 unspecified atom stereocenters. The molecule has 8 nitrogen and oxygen atoms in total. The van der Waals surface area contributed by atoms with Gasteiger partial charge in [0.1, 0.15) is 0 Å². The van der Waals surface area contributed by atoms with E-state index in [0.29, 0.717) is 31.6 Å². The molecule has 2 rings (SSSR count). The monoisotopic (exact) mass is 363 g/mol. The van der Waals surface area contributed by atoms with Gasteiger partial charge in [0.15, 0.2) is 0 Å². The number of nitrogens with one attached hydrogen (secondary N) is 2. The fourth-order valence-electron chi connectivity index (χ4n) is 2.86. The van der Waals surface area contributed by atoms with Gasteiger partial charge in [-0.25, -0.2) is 9.59 Å². The number of rotatable bonds is 7. The van der Waals surface area contributed by atoms with Crippen LogP contribution in [0.5, 0.6) is 0 Å². The van der Waals surface area contributed by atoms with E-state index < -0.39 is 5.97 Å². The molecule has 0 saturated carbocycles. The van der Waals surface area contributed by atoms with Crippen LogP contribution in [-0.2, 0) is 9.53 Å². The van der Waals surface area contributed by atoms with Crippen LogP contribution in [0.2, 0.25) is 0 Å². The van der Waals surface area contributed by atoms with Crippen molar-refractivity contribution >= 4 is 23.7 Å². The summed E-state index contributed by atoms with van der Waals surface area (Å²) in [5, 5.41) is 14.7. The average molecular weight is 363 g/mol. The lowest BCUT2D eigenvalue weighted by Gasteiger charge is -2.33. The molecule has 1 aromatic carbocycles. The largest absolute Gasteiger partial charge is 0.481 e. The summed E-state index contributed by atoms with van der Waals surface area (Å²) in [6.45, 7) is 1.61. The third kappa shape index (κ3) is 5.94. The second-order valence-corrected chi connectivity index (χ2v) is 6.21. The minimum Gasteiger partial charge on any atom is -0.481 e. The van der Waals surface area contributed by atoms with Crippen molar-refractivity contribution in [2.24, 2.45) is 0 Å². The number of ether oxygens (including phenoxy) is 1. The molecule has 0 atom stereocenters. The van der Waals surface area contributed by atoms with Crippen LogP contribution in [0.15, 0.2) is 24.3 Å². The van der Waals surface area contributed by atoms with Crippen LogP contribution in [0, 0.1) is 0 Å². The third-order valence-corrected chi connectivity index (χ3v) is 4.28. The second kappa shape index (κ2) is 9.65. The predicted octanol–water partition coefficient (Wildman–Crippen LogP) is 1.92. The lowest BCUT2D eigenvalue weighted by molar-refractivity contribution is -0.137. The zero-order valence-electron chi connectivity index (χ0n) is 14.9. The van der Waals surface area contributed by atoms with E-state index in [9.17, 15) is 14.4 Å². The first-order valence-corrected chi connectivity index (χ1v) is 8.69. The van der Waals surface area contributed by atoms with E-state index in [-0.39, 0.29) is 24.5 Å². The van der Waals surface area contributed by atoms with Gasteiger partial charge >= 0.3 is 18.0 Å². The molecule has 1 heterocycles. The van der Waals surface area contributed by atoms with Crippen LogP contribution in [0.25, 0.3) is 0 Å². The number of carboxylic acids is 1. The number of benzene rings is 1. The molecular formula is C18H25N3O5. The van der Waals surface area contributed by atoms with E-state index >= 15 is 0 Å². The van der Waals surface area contributed by atoms with Gasteiger partial charge in [-0.15, -0.1) is 0 Å². The van der Waals surface area contributed by atoms with Gasteiger partial charge in [-0.05, 0) is 37.5 Å². The Bertz CT molecular complexity index is 641. The van der Waals surface area contributed by atoms with Gasteiger partial charge in [0, 0.05) is 37.8 Å². The van der Waals surface area contributed by atoms with Gasteiger partial charge in [-0.1, -0.05) is 6.07 Å². The molecule has 1 aliphatic rings. The molecule has 1 aromatic rings. The number of carbonyl (C=O) groups excluding carboxylic acids is 2. The van der Waals surface area contributed by atoms with Gasteiger partial charge in [0.2, 0.25) is 0 Å². The Morgan fingerprint density at radius 2 is 2.00 bits per heavy atom. The summed E-state index contributed by atoms with van der Waals surface area (Å²) < 4.78 is 4.72. The van der Waals surface area contributed by atoms with E-state index in [1.165, 1.54) is 7.11 Å². The number of methoxy groups -OCH3 is 1. The highest BCUT2D eigenvalue weighted by Gasteiger charge is 2.22. The third-order valence-electron chi connectivity index (χ3n) is 4.28. The van der Waals surface area contributed by atoms with Gasteiger partial charge in [-0.3, -0.25) is 4.79 Å². The highest BCUT2D eigenvalue weighted by molar-refractivity contribution is 5.90. The molecule has 0 aromatic heterocycles. The summed E-state index contributed by atoms with van der Waals surface area (Å²) in [6, 6.07) is 7.23. The van der Waals surface area contributed by atoms with Crippen molar-refractivity contribution in [3.63, 3.8) is 0 Å². The number of esters is 1. The Labute approximate surface area is 152 Å². The molecule has 0 radical (unpaired) electrons. The zero-order chi connectivity index (χ0) is 18.9. The Morgan fingerprint density at radius 1 is 1.27 bits per heavy atom. The number of hydrogen-bond donors (Lipinski definition) is 3. The lowest BCUT2D eigenvalue weighted by Crippen LogP contribution is -2.47. The Kier molecular flexibility index (Phi) is 7.25. The minimum atomic E-state index is -0.859. The van der Waals surface area contributed by atoms with Crippen LogP contribution in [-0.4, -0.2) is 60.8 Å². The molecule has 142 valence electrons. The Balaban J connectivity index is 1.75. The number of anilines is 1. The normalized spacial score (nSPS) is 14.6. The molecule has 0 bridgehead atoms. The fourth-order valence-corrected chi connectivity index (χ4v) is 2.86. The molecule has 26 heavy (non-hydrogen) atoms. The number of likely N-dealkylation sites (tertiary alicyclic amines) is 1. The number of aliphatic carboxylic acids is 1. The standard InChI is InChI=1S/C18H25N3O5/c1-26-17(24)13-4-2-5-15(12-13)20-14-7-10-21(11-8-14)18(25)19-9-3-6-16(22)23/h2,4-5,12,14,20H,3,6-11H2,1H3,(H,19,25)(H,22,23). The SMILES string of the molecule is COC(=O)c1cccc(NC2CCN(C(=O)NCCCC(=O)O)CC2)c1. The topological polar surface area (TPSA) is 108 Å². The van der Waals surface area contributed by atoms with Crippen LogP contribution in [0.1, 0.15) is 36.0 Å². The lowest BCUT2D eigenvalue weighted by atomic mass is 10.0. The van der Waals surface area contributed by atoms with E-state index in [0.717, 1.165) is 18.5 Å². The Morgan fingerprint density at radius 3 is 2.65 bits per heavy atom. The maximum absolute atomic E-state index is 12.1. The first-order chi connectivity index (χ1) is 12.5. The predicted molar refractivity (Wildman–Crippen MR) is 96.3 cm³/mol. The van der Waals surface area contributed by atoms with Crippen molar-refractivity contribution in [3.05, 3.63) is 29.8 Å². The molecule has 1 fully saturated rings. The van der Waals surface area contributed by atoms with Crippen molar-refractivity contribution in [2.45, 2.75) is 31.7 Å². The number of carboxylic acid groups (broad SMARTS) is 1. The van der Waals surface area contributed by atoms with Crippen LogP contribution < -0.4 is 10.6 Å². The first-order valence-electron chi connectivity index (χ1n) is 8.69. The second-order valence-electron chi connectivity index (χ2n) is 6.21. The smallest absolute Gasteiger partial charge is 0.337 e. The molecule has 1 saturated heterocycles. The van der Waals surface area contributed by atoms with Crippen LogP contribution in [0.3, 0.4) is 0 Å². The number of urea groups is 1. The minimum absolute atomic E-state index is 0.0525. The number of hydrogen-bond acceptors (Lipinski definition) is 5. The highest BCUT2D eigenvalue weighted by atomic mass is 16.5. The van der Waals surface area contributed by atoms with E-state index in [2.05, 4.69) is 10.6 Å². The van der Waals surface area contributed by atoms with Crippen molar-refractivity contribution in [2.75, 3.05) is 32.1 Å². The van der Waals surface area contributed by atoms with Gasteiger partial charge in [0.05, 0.1) is 12.7 Å². The van der Waals surface area contributed by atoms with Crippen molar-refractivity contribution in [3.8, 4) is 0 Å². The summed E-state index contributed by atoms with van der Waals surface area (Å²) in [6.07, 6.45) is 2.07. The Hall–Kier alpha value is -2.77. The first kappa shape index (κ1) is 19.6. The summed E-state index contributed by atoms with van der Waals surface area (Å²) >= 11 is 0. The van der Waals surface area contributed by atoms with Crippen molar-refractivity contribution in [1.29, 1.82) is 0 Å². The maximum atomic E-state index is 12.1. The highest BCUT2D eigenvalue weighted by Crippen LogP contribution is 2.18. The van der Waals surface area contributed by atoms with Gasteiger partial charge in [-0.2, -0.15) is 0 Å². The molecule has 2 amide bonds. The van der Waals surface area contributed by atoms with Crippen LogP contribution >= 0.6 is 0 Å². The summed E-state index contributed by atoms with van der Waals surface area (Å²) in [5.41, 5.74) is 1.35. The summed E-state index contributed by atoms with van der Waals surface area (Å²) in [5.74, 6) is -1.23. The molecular weight excluding hydrogens is 338 g/mol. The van der Waals surface area contributed by atoms with E-state index in [1.807, 2.05) is 6.07 Å². The van der Waals surface area contributed by atoms with Crippen molar-refractivity contribution in [1.82, 2.24) is 10.2 Å². The van der Waals surface area contributed by atoms with E-state index in [1.54, 1.807) is 23.1 Å². The molecule has 0 spiro atoms. The van der Waals surface area contributed by atoms with Gasteiger partial charge < -0.3 is 25.4 Å². The summed E-state index contributed by atoms with van der Waals surface area (Å²) in [4.78, 5) is 35.8. The number of amides is 2. The van der Waals surface area contributed by atoms with Crippen molar-refractivity contribution < 1.29 is 24.2 Å². The summed E-state index contributed by atoms with van der Waals surface area (Å²) in [7, 11) is 1.35. The fraction of sp³-hybridized carbons (Fsp3) is 0.500. The van der Waals surface area contributed by atoms with E-state index in [4.69, 9.17) is 9.84 Å². The molecule has 0 aliphatic carbocycles. The molecule has 3 N–H and O–H groups in total. The van der Waals surface area contributed by atoms with Crippen LogP contribution in [0.4, 0.5) is 10.5 Å². The average Bonchev–Trinajstić information content (AvgIpc) is 2.65. The number of carbonyl (C=O) groups is 3. The quantitative estimate of drug-likeness (QED) is 0.505. The molecule has 8 heteroatoms. The maximum Gasteiger partial charge on any atom is 0.337 e. The van der Waals surface area contributed by atoms with Gasteiger partial charge in [0.25, 0.3) is 0 Å². The zero-order valence-corrected chi connectivity index (χ0v) is 14.9.